The lowest BCUT2D eigenvalue weighted by molar-refractivity contribution is 0.802. The zero-order valence-electron chi connectivity index (χ0n) is 9.70. The predicted octanol–water partition coefficient (Wildman–Crippen LogP) is 0.808. The smallest absolute Gasteiger partial charge is 0.171 e. The fourth-order valence-corrected chi connectivity index (χ4v) is 1.01. The van der Waals surface area contributed by atoms with E-state index in [9.17, 15) is 0 Å². The minimum Gasteiger partial charge on any atom is -0.380 e. The van der Waals surface area contributed by atoms with Gasteiger partial charge in [-0.1, -0.05) is 19.9 Å². The summed E-state index contributed by atoms with van der Waals surface area (Å²) in [6.07, 6.45) is 0. The fourth-order valence-electron chi connectivity index (χ4n) is 1.01. The van der Waals surface area contributed by atoms with Crippen LogP contribution in [0, 0.1) is 13.8 Å². The molecule has 0 atom stereocenters. The second kappa shape index (κ2) is 6.78. The standard InChI is InChI=1S/C8H13N5.C2H6/c1-5-3-4-6(2)11-7(5)8(9)12-13-10;1-2/h3-4,13H,10H2,1-2H3,(H2,9,12);1-2H3. The van der Waals surface area contributed by atoms with Gasteiger partial charge in [-0.05, 0) is 25.5 Å². The molecular formula is C10H19N5. The molecule has 1 heterocycles. The zero-order valence-corrected chi connectivity index (χ0v) is 9.70. The first-order valence-corrected chi connectivity index (χ1v) is 4.88. The normalized spacial score (nSPS) is 10.3. The van der Waals surface area contributed by atoms with Crippen LogP contribution in [0.25, 0.3) is 0 Å². The number of amidine groups is 1. The van der Waals surface area contributed by atoms with Crippen LogP contribution in [0.2, 0.25) is 0 Å². The Kier molecular flexibility index (Phi) is 6.05. The van der Waals surface area contributed by atoms with Gasteiger partial charge in [0.15, 0.2) is 5.84 Å². The average molecular weight is 209 g/mol. The van der Waals surface area contributed by atoms with E-state index in [4.69, 9.17) is 11.6 Å². The maximum absolute atomic E-state index is 5.62. The van der Waals surface area contributed by atoms with Crippen LogP contribution in [0.5, 0.6) is 0 Å². The lowest BCUT2D eigenvalue weighted by Crippen LogP contribution is -2.24. The SMILES string of the molecule is CC.Cc1ccc(C)c(/C(N)=N/NN)n1. The zero-order chi connectivity index (χ0) is 11.8. The number of hydrazine groups is 1. The molecule has 1 aromatic rings. The van der Waals surface area contributed by atoms with Crippen LogP contribution in [-0.4, -0.2) is 10.8 Å². The molecule has 1 aromatic heterocycles. The Balaban J connectivity index is 0.000000921. The number of rotatable bonds is 2. The number of nitrogens with one attached hydrogen (secondary N) is 1. The monoisotopic (exact) mass is 209 g/mol. The van der Waals surface area contributed by atoms with Crippen LogP contribution in [0.15, 0.2) is 17.2 Å². The molecule has 0 aliphatic carbocycles. The van der Waals surface area contributed by atoms with Crippen molar-refractivity contribution in [2.24, 2.45) is 16.7 Å². The number of hydrazone groups is 1. The molecule has 0 unspecified atom stereocenters. The molecule has 84 valence electrons. The van der Waals surface area contributed by atoms with Crippen molar-refractivity contribution in [1.82, 2.24) is 10.5 Å². The Bertz CT molecular complexity index is 333. The lowest BCUT2D eigenvalue weighted by Gasteiger charge is -2.04. The van der Waals surface area contributed by atoms with Crippen LogP contribution >= 0.6 is 0 Å². The van der Waals surface area contributed by atoms with Gasteiger partial charge in [-0.3, -0.25) is 0 Å². The summed E-state index contributed by atoms with van der Waals surface area (Å²) in [5, 5.41) is 3.66. The molecule has 1 rings (SSSR count). The Labute approximate surface area is 90.5 Å². The van der Waals surface area contributed by atoms with Crippen molar-refractivity contribution in [3.8, 4) is 0 Å². The van der Waals surface area contributed by atoms with Gasteiger partial charge in [-0.2, -0.15) is 0 Å². The summed E-state index contributed by atoms with van der Waals surface area (Å²) >= 11 is 0. The summed E-state index contributed by atoms with van der Waals surface area (Å²) in [6, 6.07) is 3.86. The molecule has 0 saturated carbocycles. The molecule has 0 saturated heterocycles. The minimum atomic E-state index is 0.295. The summed E-state index contributed by atoms with van der Waals surface area (Å²) in [4.78, 5) is 4.24. The van der Waals surface area contributed by atoms with Gasteiger partial charge in [0.1, 0.15) is 5.69 Å². The number of nitrogens with zero attached hydrogens (tertiary/aromatic N) is 2. The van der Waals surface area contributed by atoms with E-state index in [0.29, 0.717) is 11.5 Å². The van der Waals surface area contributed by atoms with Crippen molar-refractivity contribution < 1.29 is 0 Å². The molecule has 5 heteroatoms. The summed E-state index contributed by atoms with van der Waals surface area (Å²) in [5.41, 5.74) is 10.3. The van der Waals surface area contributed by atoms with Gasteiger partial charge >= 0.3 is 0 Å². The van der Waals surface area contributed by atoms with E-state index in [1.54, 1.807) is 0 Å². The highest BCUT2D eigenvalue weighted by Crippen LogP contribution is 2.04. The quantitative estimate of drug-likeness (QED) is 0.291. The van der Waals surface area contributed by atoms with Gasteiger partial charge in [-0.25, -0.2) is 16.4 Å². The second-order valence-electron chi connectivity index (χ2n) is 2.74. The number of aryl methyl sites for hydroxylation is 2. The van der Waals surface area contributed by atoms with E-state index in [-0.39, 0.29) is 0 Å². The number of pyridine rings is 1. The van der Waals surface area contributed by atoms with Crippen molar-refractivity contribution in [3.05, 3.63) is 29.1 Å². The number of hydrogen-bond donors (Lipinski definition) is 3. The third-order valence-electron chi connectivity index (χ3n) is 1.66. The first-order chi connectivity index (χ1) is 7.15. The van der Waals surface area contributed by atoms with Crippen LogP contribution in [0.3, 0.4) is 0 Å². The van der Waals surface area contributed by atoms with Crippen molar-refractivity contribution in [2.75, 3.05) is 0 Å². The first kappa shape index (κ1) is 13.4. The highest BCUT2D eigenvalue weighted by molar-refractivity contribution is 5.96. The Morgan fingerprint density at radius 2 is 1.93 bits per heavy atom. The number of nitrogens with two attached hydrogens (primary N) is 2. The fraction of sp³-hybridized carbons (Fsp3) is 0.400. The molecule has 0 aromatic carbocycles. The number of aromatic nitrogens is 1. The van der Waals surface area contributed by atoms with Crippen LogP contribution in [0.4, 0.5) is 0 Å². The summed E-state index contributed by atoms with van der Waals surface area (Å²) in [7, 11) is 0. The largest absolute Gasteiger partial charge is 0.380 e. The predicted molar refractivity (Wildman–Crippen MR) is 63.1 cm³/mol. The third kappa shape index (κ3) is 3.95. The van der Waals surface area contributed by atoms with Gasteiger partial charge in [0.25, 0.3) is 0 Å². The maximum atomic E-state index is 5.62. The summed E-state index contributed by atoms with van der Waals surface area (Å²) < 4.78 is 0. The van der Waals surface area contributed by atoms with E-state index >= 15 is 0 Å². The summed E-state index contributed by atoms with van der Waals surface area (Å²) in [5.74, 6) is 5.30. The van der Waals surface area contributed by atoms with Crippen LogP contribution < -0.4 is 17.1 Å². The van der Waals surface area contributed by atoms with Gasteiger partial charge in [0.2, 0.25) is 0 Å². The molecule has 0 fully saturated rings. The van der Waals surface area contributed by atoms with Gasteiger partial charge in [-0.15, -0.1) is 5.10 Å². The Morgan fingerprint density at radius 1 is 1.33 bits per heavy atom. The Morgan fingerprint density at radius 3 is 2.47 bits per heavy atom. The average Bonchev–Trinajstić information content (AvgIpc) is 2.25. The molecule has 0 aliphatic heterocycles. The molecule has 5 N–H and O–H groups in total. The van der Waals surface area contributed by atoms with Gasteiger partial charge < -0.3 is 5.73 Å². The molecular weight excluding hydrogens is 190 g/mol. The second-order valence-corrected chi connectivity index (χ2v) is 2.74. The highest BCUT2D eigenvalue weighted by atomic mass is 15.5. The van der Waals surface area contributed by atoms with Gasteiger partial charge in [0, 0.05) is 5.69 Å². The molecule has 0 aliphatic rings. The van der Waals surface area contributed by atoms with E-state index < -0.39 is 0 Å². The Hall–Kier alpha value is -1.62. The first-order valence-electron chi connectivity index (χ1n) is 4.88. The molecule has 0 amide bonds. The topological polar surface area (TPSA) is 89.3 Å². The molecule has 0 spiro atoms. The highest BCUT2D eigenvalue weighted by Gasteiger charge is 2.04. The summed E-state index contributed by atoms with van der Waals surface area (Å²) in [6.45, 7) is 7.81. The molecule has 0 bridgehead atoms. The number of hydrogen-bond acceptors (Lipinski definition) is 4. The van der Waals surface area contributed by atoms with E-state index in [1.165, 1.54) is 0 Å². The van der Waals surface area contributed by atoms with Gasteiger partial charge in [0.05, 0.1) is 0 Å². The van der Waals surface area contributed by atoms with Crippen LogP contribution in [-0.2, 0) is 0 Å². The van der Waals surface area contributed by atoms with Crippen molar-refractivity contribution in [1.29, 1.82) is 0 Å². The van der Waals surface area contributed by atoms with Crippen molar-refractivity contribution in [3.63, 3.8) is 0 Å². The minimum absolute atomic E-state index is 0.295. The lowest BCUT2D eigenvalue weighted by atomic mass is 10.2. The van der Waals surface area contributed by atoms with Crippen LogP contribution in [0.1, 0.15) is 30.8 Å². The van der Waals surface area contributed by atoms with Crippen molar-refractivity contribution in [2.45, 2.75) is 27.7 Å². The maximum Gasteiger partial charge on any atom is 0.171 e. The van der Waals surface area contributed by atoms with E-state index in [2.05, 4.69) is 15.6 Å². The molecule has 0 radical (unpaired) electrons. The third-order valence-corrected chi connectivity index (χ3v) is 1.66. The molecule has 5 nitrogen and oxygen atoms in total. The van der Waals surface area contributed by atoms with Crippen molar-refractivity contribution >= 4 is 5.84 Å². The molecule has 15 heavy (non-hydrogen) atoms. The van der Waals surface area contributed by atoms with E-state index in [0.717, 1.165) is 11.3 Å². The van der Waals surface area contributed by atoms with E-state index in [1.807, 2.05) is 39.8 Å².